The summed E-state index contributed by atoms with van der Waals surface area (Å²) in [5, 5.41) is 1.06. The Labute approximate surface area is 90.4 Å². The number of methoxy groups -OCH3 is 1. The van der Waals surface area contributed by atoms with Crippen LogP contribution in [0.15, 0.2) is 22.8 Å². The zero-order valence-electron chi connectivity index (χ0n) is 7.80. The normalized spacial score (nSPS) is 10.8. The van der Waals surface area contributed by atoms with Gasteiger partial charge >= 0.3 is 0 Å². The van der Waals surface area contributed by atoms with Gasteiger partial charge in [-0.2, -0.15) is 0 Å². The van der Waals surface area contributed by atoms with E-state index in [4.69, 9.17) is 10.5 Å². The first-order valence-electron chi connectivity index (χ1n) is 4.30. The van der Waals surface area contributed by atoms with Crippen LogP contribution < -0.4 is 10.5 Å². The van der Waals surface area contributed by atoms with Crippen LogP contribution in [-0.2, 0) is 6.54 Å². The molecule has 0 aliphatic carbocycles. The Kier molecular flexibility index (Phi) is 2.48. The third kappa shape index (κ3) is 1.31. The van der Waals surface area contributed by atoms with E-state index < -0.39 is 0 Å². The number of benzene rings is 1. The third-order valence-electron chi connectivity index (χ3n) is 2.27. The molecule has 74 valence electrons. The Morgan fingerprint density at radius 2 is 2.29 bits per heavy atom. The van der Waals surface area contributed by atoms with Crippen LogP contribution in [0, 0.1) is 0 Å². The Bertz CT molecular complexity index is 464. The van der Waals surface area contributed by atoms with Crippen LogP contribution in [0.5, 0.6) is 5.75 Å². The fourth-order valence-electron chi connectivity index (χ4n) is 1.58. The SMILES string of the molecule is COc1ccc(Br)c2[nH]cc(CN)c12. The zero-order chi connectivity index (χ0) is 10.1. The standard InChI is InChI=1S/C10H11BrN2O/c1-14-8-3-2-7(11)10-9(8)6(4-12)5-13-10/h2-3,5,13H,4,12H2,1H3. The van der Waals surface area contributed by atoms with E-state index in [1.807, 2.05) is 18.3 Å². The average molecular weight is 255 g/mol. The van der Waals surface area contributed by atoms with Crippen LogP contribution in [0.3, 0.4) is 0 Å². The highest BCUT2D eigenvalue weighted by atomic mass is 79.9. The maximum atomic E-state index is 5.64. The second-order valence-electron chi connectivity index (χ2n) is 3.02. The first kappa shape index (κ1) is 9.55. The van der Waals surface area contributed by atoms with Gasteiger partial charge in [0.1, 0.15) is 5.75 Å². The molecule has 2 aromatic rings. The zero-order valence-corrected chi connectivity index (χ0v) is 9.39. The van der Waals surface area contributed by atoms with Crippen molar-refractivity contribution in [2.24, 2.45) is 5.73 Å². The Hall–Kier alpha value is -1.00. The Morgan fingerprint density at radius 1 is 1.50 bits per heavy atom. The lowest BCUT2D eigenvalue weighted by Crippen LogP contribution is -1.95. The van der Waals surface area contributed by atoms with Crippen molar-refractivity contribution in [1.29, 1.82) is 0 Å². The van der Waals surface area contributed by atoms with E-state index in [1.54, 1.807) is 7.11 Å². The van der Waals surface area contributed by atoms with Crippen molar-refractivity contribution in [3.05, 3.63) is 28.4 Å². The monoisotopic (exact) mass is 254 g/mol. The molecular weight excluding hydrogens is 244 g/mol. The molecule has 1 heterocycles. The fraction of sp³-hybridized carbons (Fsp3) is 0.200. The van der Waals surface area contributed by atoms with Crippen LogP contribution in [0.25, 0.3) is 10.9 Å². The Balaban J connectivity index is 2.82. The number of aromatic amines is 1. The van der Waals surface area contributed by atoms with E-state index in [-0.39, 0.29) is 0 Å². The van der Waals surface area contributed by atoms with Gasteiger partial charge in [-0.1, -0.05) is 0 Å². The lowest BCUT2D eigenvalue weighted by atomic mass is 10.1. The van der Waals surface area contributed by atoms with E-state index in [9.17, 15) is 0 Å². The molecule has 0 aliphatic heterocycles. The number of hydrogen-bond acceptors (Lipinski definition) is 2. The molecule has 0 bridgehead atoms. The van der Waals surface area contributed by atoms with Gasteiger partial charge in [0, 0.05) is 22.6 Å². The number of rotatable bonds is 2. The van der Waals surface area contributed by atoms with Crippen LogP contribution >= 0.6 is 15.9 Å². The molecule has 0 radical (unpaired) electrons. The van der Waals surface area contributed by atoms with Gasteiger partial charge in [0.05, 0.1) is 12.6 Å². The number of ether oxygens (including phenoxy) is 1. The van der Waals surface area contributed by atoms with Crippen LogP contribution in [-0.4, -0.2) is 12.1 Å². The van der Waals surface area contributed by atoms with Gasteiger partial charge in [0.15, 0.2) is 0 Å². The van der Waals surface area contributed by atoms with Crippen LogP contribution in [0.2, 0.25) is 0 Å². The summed E-state index contributed by atoms with van der Waals surface area (Å²) in [6.45, 7) is 0.507. The van der Waals surface area contributed by atoms with Crippen molar-refractivity contribution in [2.75, 3.05) is 7.11 Å². The highest BCUT2D eigenvalue weighted by Crippen LogP contribution is 2.33. The number of hydrogen-bond donors (Lipinski definition) is 2. The molecule has 0 saturated carbocycles. The second-order valence-corrected chi connectivity index (χ2v) is 3.87. The maximum Gasteiger partial charge on any atom is 0.128 e. The van der Waals surface area contributed by atoms with Crippen molar-refractivity contribution in [3.63, 3.8) is 0 Å². The molecule has 0 fully saturated rings. The number of nitrogens with two attached hydrogens (primary N) is 1. The Morgan fingerprint density at radius 3 is 2.93 bits per heavy atom. The molecule has 3 nitrogen and oxygen atoms in total. The highest BCUT2D eigenvalue weighted by molar-refractivity contribution is 9.10. The molecule has 1 aromatic heterocycles. The smallest absolute Gasteiger partial charge is 0.128 e. The summed E-state index contributed by atoms with van der Waals surface area (Å²) in [7, 11) is 1.66. The molecule has 0 spiro atoms. The lowest BCUT2D eigenvalue weighted by Gasteiger charge is -2.04. The van der Waals surface area contributed by atoms with Crippen molar-refractivity contribution in [2.45, 2.75) is 6.54 Å². The van der Waals surface area contributed by atoms with Crippen LogP contribution in [0.4, 0.5) is 0 Å². The molecule has 1 aromatic carbocycles. The van der Waals surface area contributed by atoms with Crippen LogP contribution in [0.1, 0.15) is 5.56 Å². The summed E-state index contributed by atoms with van der Waals surface area (Å²) in [5.41, 5.74) is 7.74. The van der Waals surface area contributed by atoms with Gasteiger partial charge in [-0.3, -0.25) is 0 Å². The largest absolute Gasteiger partial charge is 0.496 e. The second kappa shape index (κ2) is 3.63. The van der Waals surface area contributed by atoms with Gasteiger partial charge in [-0.25, -0.2) is 0 Å². The van der Waals surface area contributed by atoms with Gasteiger partial charge in [-0.15, -0.1) is 0 Å². The summed E-state index contributed by atoms with van der Waals surface area (Å²) >= 11 is 3.48. The van der Waals surface area contributed by atoms with E-state index in [0.717, 1.165) is 26.7 Å². The molecule has 14 heavy (non-hydrogen) atoms. The molecule has 4 heteroatoms. The predicted molar refractivity (Wildman–Crippen MR) is 60.4 cm³/mol. The van der Waals surface area contributed by atoms with Crippen molar-refractivity contribution >= 4 is 26.8 Å². The summed E-state index contributed by atoms with van der Waals surface area (Å²) in [4.78, 5) is 3.18. The number of fused-ring (bicyclic) bond motifs is 1. The summed E-state index contributed by atoms with van der Waals surface area (Å²) in [5.74, 6) is 0.852. The van der Waals surface area contributed by atoms with Gasteiger partial charge in [-0.05, 0) is 33.6 Å². The fourth-order valence-corrected chi connectivity index (χ4v) is 2.03. The lowest BCUT2D eigenvalue weighted by molar-refractivity contribution is 0.419. The van der Waals surface area contributed by atoms with E-state index in [2.05, 4.69) is 20.9 Å². The van der Waals surface area contributed by atoms with E-state index in [1.165, 1.54) is 0 Å². The number of H-pyrrole nitrogens is 1. The van der Waals surface area contributed by atoms with E-state index in [0.29, 0.717) is 6.54 Å². The molecule has 2 rings (SSSR count). The molecule has 0 aliphatic rings. The van der Waals surface area contributed by atoms with E-state index >= 15 is 0 Å². The first-order valence-corrected chi connectivity index (χ1v) is 5.09. The maximum absolute atomic E-state index is 5.64. The highest BCUT2D eigenvalue weighted by Gasteiger charge is 2.10. The number of halogens is 1. The minimum atomic E-state index is 0.507. The van der Waals surface area contributed by atoms with Gasteiger partial charge < -0.3 is 15.5 Å². The van der Waals surface area contributed by atoms with Crippen molar-refractivity contribution in [3.8, 4) is 5.75 Å². The predicted octanol–water partition coefficient (Wildman–Crippen LogP) is 2.40. The van der Waals surface area contributed by atoms with Crippen molar-refractivity contribution < 1.29 is 4.74 Å². The molecule has 3 N–H and O–H groups in total. The average Bonchev–Trinajstić information content (AvgIpc) is 2.63. The molecule has 0 unspecified atom stereocenters. The number of nitrogens with one attached hydrogen (secondary N) is 1. The molecular formula is C10H11BrN2O. The van der Waals surface area contributed by atoms with Gasteiger partial charge in [0.2, 0.25) is 0 Å². The molecule has 0 saturated heterocycles. The third-order valence-corrected chi connectivity index (χ3v) is 2.93. The van der Waals surface area contributed by atoms with Gasteiger partial charge in [0.25, 0.3) is 0 Å². The molecule has 0 atom stereocenters. The first-order chi connectivity index (χ1) is 6.77. The molecule has 0 amide bonds. The summed E-state index contributed by atoms with van der Waals surface area (Å²) in [6, 6.07) is 3.89. The minimum absolute atomic E-state index is 0.507. The number of aromatic nitrogens is 1. The quantitative estimate of drug-likeness (QED) is 0.865. The van der Waals surface area contributed by atoms with Crippen molar-refractivity contribution in [1.82, 2.24) is 4.98 Å². The summed E-state index contributed by atoms with van der Waals surface area (Å²) < 4.78 is 6.31. The summed E-state index contributed by atoms with van der Waals surface area (Å²) in [6.07, 6.45) is 1.91. The topological polar surface area (TPSA) is 51.0 Å². The minimum Gasteiger partial charge on any atom is -0.496 e.